The SMILES string of the molecule is Cc1ccncc1C(N)Cc1c(C)cccc1C. The predicted molar refractivity (Wildman–Crippen MR) is 75.5 cm³/mol. The van der Waals surface area contributed by atoms with E-state index in [1.807, 2.05) is 18.5 Å². The van der Waals surface area contributed by atoms with E-state index in [1.165, 1.54) is 22.3 Å². The molecule has 1 aromatic heterocycles. The van der Waals surface area contributed by atoms with Gasteiger partial charge in [-0.3, -0.25) is 4.98 Å². The van der Waals surface area contributed by atoms with Crippen molar-refractivity contribution in [2.45, 2.75) is 33.2 Å². The molecule has 0 aliphatic heterocycles. The Morgan fingerprint density at radius 1 is 1.06 bits per heavy atom. The Bertz CT molecular complexity index is 526. The van der Waals surface area contributed by atoms with Gasteiger partial charge in [0, 0.05) is 18.4 Å². The number of nitrogens with zero attached hydrogens (tertiary/aromatic N) is 1. The summed E-state index contributed by atoms with van der Waals surface area (Å²) >= 11 is 0. The molecule has 18 heavy (non-hydrogen) atoms. The number of pyridine rings is 1. The zero-order chi connectivity index (χ0) is 13.1. The standard InChI is InChI=1S/C16H20N2/c1-11-5-4-6-12(2)14(11)9-16(17)15-10-18-8-7-13(15)3/h4-8,10,16H,9,17H2,1-3H3. The van der Waals surface area contributed by atoms with Crippen LogP contribution in [0.4, 0.5) is 0 Å². The third kappa shape index (κ3) is 2.59. The first-order chi connectivity index (χ1) is 8.59. The number of rotatable bonds is 3. The lowest BCUT2D eigenvalue weighted by atomic mass is 9.92. The third-order valence-corrected chi connectivity index (χ3v) is 3.55. The van der Waals surface area contributed by atoms with E-state index in [2.05, 4.69) is 44.0 Å². The Morgan fingerprint density at radius 2 is 1.72 bits per heavy atom. The summed E-state index contributed by atoms with van der Waals surface area (Å²) in [7, 11) is 0. The van der Waals surface area contributed by atoms with E-state index >= 15 is 0 Å². The van der Waals surface area contributed by atoms with Crippen LogP contribution in [0.25, 0.3) is 0 Å². The van der Waals surface area contributed by atoms with Crippen molar-refractivity contribution >= 4 is 0 Å². The Morgan fingerprint density at radius 3 is 2.33 bits per heavy atom. The first-order valence-electron chi connectivity index (χ1n) is 6.30. The first kappa shape index (κ1) is 12.8. The Labute approximate surface area is 109 Å². The van der Waals surface area contributed by atoms with Gasteiger partial charge in [-0.15, -0.1) is 0 Å². The molecule has 2 nitrogen and oxygen atoms in total. The van der Waals surface area contributed by atoms with Crippen molar-refractivity contribution in [3.63, 3.8) is 0 Å². The smallest absolute Gasteiger partial charge is 0.0353 e. The normalized spacial score (nSPS) is 12.4. The average molecular weight is 240 g/mol. The second kappa shape index (κ2) is 5.32. The Kier molecular flexibility index (Phi) is 3.78. The minimum absolute atomic E-state index is 0.0125. The molecule has 1 atom stereocenters. The number of hydrogen-bond acceptors (Lipinski definition) is 2. The summed E-state index contributed by atoms with van der Waals surface area (Å²) in [6.45, 7) is 6.37. The summed E-state index contributed by atoms with van der Waals surface area (Å²) in [4.78, 5) is 4.17. The minimum Gasteiger partial charge on any atom is -0.324 e. The van der Waals surface area contributed by atoms with Crippen molar-refractivity contribution in [3.8, 4) is 0 Å². The zero-order valence-electron chi connectivity index (χ0n) is 11.3. The van der Waals surface area contributed by atoms with E-state index in [1.54, 1.807) is 0 Å². The summed E-state index contributed by atoms with van der Waals surface area (Å²) in [5.41, 5.74) is 12.7. The predicted octanol–water partition coefficient (Wildman–Crippen LogP) is 3.25. The van der Waals surface area contributed by atoms with Gasteiger partial charge in [0.25, 0.3) is 0 Å². The van der Waals surface area contributed by atoms with Crippen LogP contribution in [0.5, 0.6) is 0 Å². The molecule has 1 unspecified atom stereocenters. The minimum atomic E-state index is 0.0125. The maximum Gasteiger partial charge on any atom is 0.0353 e. The topological polar surface area (TPSA) is 38.9 Å². The highest BCUT2D eigenvalue weighted by Crippen LogP contribution is 2.22. The lowest BCUT2D eigenvalue weighted by Crippen LogP contribution is -2.16. The summed E-state index contributed by atoms with van der Waals surface area (Å²) in [5.74, 6) is 0. The highest BCUT2D eigenvalue weighted by molar-refractivity contribution is 5.36. The van der Waals surface area contributed by atoms with Gasteiger partial charge in [0.15, 0.2) is 0 Å². The second-order valence-electron chi connectivity index (χ2n) is 4.91. The van der Waals surface area contributed by atoms with Crippen molar-refractivity contribution < 1.29 is 0 Å². The van der Waals surface area contributed by atoms with Crippen LogP contribution in [-0.2, 0) is 6.42 Å². The maximum atomic E-state index is 6.33. The molecule has 2 N–H and O–H groups in total. The van der Waals surface area contributed by atoms with E-state index in [4.69, 9.17) is 5.73 Å². The van der Waals surface area contributed by atoms with Gasteiger partial charge in [-0.1, -0.05) is 18.2 Å². The molecule has 0 spiro atoms. The monoisotopic (exact) mass is 240 g/mol. The van der Waals surface area contributed by atoms with Gasteiger partial charge in [-0.05, 0) is 61.1 Å². The van der Waals surface area contributed by atoms with Crippen LogP contribution in [0.2, 0.25) is 0 Å². The molecule has 2 heteroatoms. The van der Waals surface area contributed by atoms with Gasteiger partial charge in [-0.25, -0.2) is 0 Å². The van der Waals surface area contributed by atoms with Crippen LogP contribution < -0.4 is 5.73 Å². The molecule has 0 saturated carbocycles. The van der Waals surface area contributed by atoms with Crippen LogP contribution in [-0.4, -0.2) is 4.98 Å². The third-order valence-electron chi connectivity index (χ3n) is 3.55. The Balaban J connectivity index is 2.27. The number of aromatic nitrogens is 1. The van der Waals surface area contributed by atoms with Crippen LogP contribution in [0.1, 0.15) is 33.9 Å². The molecule has 0 saturated heterocycles. The first-order valence-corrected chi connectivity index (χ1v) is 6.30. The summed E-state index contributed by atoms with van der Waals surface area (Å²) in [6.07, 6.45) is 4.56. The van der Waals surface area contributed by atoms with Gasteiger partial charge in [-0.2, -0.15) is 0 Å². The summed E-state index contributed by atoms with van der Waals surface area (Å²) < 4.78 is 0. The fraction of sp³-hybridized carbons (Fsp3) is 0.312. The van der Waals surface area contributed by atoms with Crippen LogP contribution in [0.3, 0.4) is 0 Å². The summed E-state index contributed by atoms with van der Waals surface area (Å²) in [5, 5.41) is 0. The quantitative estimate of drug-likeness (QED) is 0.894. The van der Waals surface area contributed by atoms with E-state index in [-0.39, 0.29) is 6.04 Å². The zero-order valence-corrected chi connectivity index (χ0v) is 11.3. The van der Waals surface area contributed by atoms with Crippen molar-refractivity contribution in [1.29, 1.82) is 0 Å². The number of nitrogens with two attached hydrogens (primary N) is 1. The van der Waals surface area contributed by atoms with Crippen LogP contribution in [0, 0.1) is 20.8 Å². The molecule has 1 heterocycles. The molecule has 0 bridgehead atoms. The van der Waals surface area contributed by atoms with E-state index < -0.39 is 0 Å². The highest BCUT2D eigenvalue weighted by atomic mass is 14.7. The van der Waals surface area contributed by atoms with Gasteiger partial charge >= 0.3 is 0 Å². The molecule has 0 fully saturated rings. The lowest BCUT2D eigenvalue weighted by Gasteiger charge is -2.17. The molecule has 0 amide bonds. The molecular formula is C16H20N2. The number of aryl methyl sites for hydroxylation is 3. The second-order valence-corrected chi connectivity index (χ2v) is 4.91. The summed E-state index contributed by atoms with van der Waals surface area (Å²) in [6, 6.07) is 8.41. The number of hydrogen-bond donors (Lipinski definition) is 1. The highest BCUT2D eigenvalue weighted by Gasteiger charge is 2.12. The average Bonchev–Trinajstić information content (AvgIpc) is 2.34. The fourth-order valence-electron chi connectivity index (χ4n) is 2.37. The molecule has 0 aliphatic rings. The molecule has 2 rings (SSSR count). The van der Waals surface area contributed by atoms with Crippen LogP contribution in [0.15, 0.2) is 36.7 Å². The van der Waals surface area contributed by atoms with Gasteiger partial charge < -0.3 is 5.73 Å². The number of benzene rings is 1. The van der Waals surface area contributed by atoms with Crippen molar-refractivity contribution in [1.82, 2.24) is 4.98 Å². The van der Waals surface area contributed by atoms with E-state index in [9.17, 15) is 0 Å². The molecule has 2 aromatic rings. The van der Waals surface area contributed by atoms with Gasteiger partial charge in [0.2, 0.25) is 0 Å². The van der Waals surface area contributed by atoms with E-state index in [0.717, 1.165) is 12.0 Å². The van der Waals surface area contributed by atoms with Crippen molar-refractivity contribution in [2.75, 3.05) is 0 Å². The maximum absolute atomic E-state index is 6.33. The van der Waals surface area contributed by atoms with Gasteiger partial charge in [0.1, 0.15) is 0 Å². The largest absolute Gasteiger partial charge is 0.324 e. The Hall–Kier alpha value is -1.67. The van der Waals surface area contributed by atoms with Crippen molar-refractivity contribution in [2.24, 2.45) is 5.73 Å². The molecule has 1 aromatic carbocycles. The van der Waals surface area contributed by atoms with E-state index in [0.29, 0.717) is 0 Å². The van der Waals surface area contributed by atoms with Crippen LogP contribution >= 0.6 is 0 Å². The molecule has 0 aliphatic carbocycles. The van der Waals surface area contributed by atoms with Crippen molar-refractivity contribution in [3.05, 3.63) is 64.5 Å². The van der Waals surface area contributed by atoms with Gasteiger partial charge in [0.05, 0.1) is 0 Å². The molecule has 0 radical (unpaired) electrons. The molecule has 94 valence electrons. The lowest BCUT2D eigenvalue weighted by molar-refractivity contribution is 0.706. The molecular weight excluding hydrogens is 220 g/mol. The fourth-order valence-corrected chi connectivity index (χ4v) is 2.37.